The van der Waals surface area contributed by atoms with Crippen molar-refractivity contribution in [1.82, 2.24) is 19.9 Å². The van der Waals surface area contributed by atoms with Crippen LogP contribution in [0, 0.1) is 5.82 Å². The Balaban J connectivity index is 1.66. The second kappa shape index (κ2) is 6.16. The average molecular weight is 326 g/mol. The highest BCUT2D eigenvalue weighted by Gasteiger charge is 2.21. The Bertz CT molecular complexity index is 861. The molecule has 1 aliphatic rings. The molecule has 4 N–H and O–H groups in total. The second-order valence-electron chi connectivity index (χ2n) is 6.26. The number of nitrogens with one attached hydrogen (secondary N) is 2. The zero-order chi connectivity index (χ0) is 16.5. The molecule has 24 heavy (non-hydrogen) atoms. The van der Waals surface area contributed by atoms with Crippen molar-refractivity contribution >= 4 is 16.9 Å². The molecule has 1 saturated carbocycles. The molecule has 0 bridgehead atoms. The number of aromatic amines is 1. The summed E-state index contributed by atoms with van der Waals surface area (Å²) in [5.41, 5.74) is 7.57. The largest absolute Gasteiger partial charge is 0.365 e. The van der Waals surface area contributed by atoms with Crippen LogP contribution in [0.4, 0.5) is 10.2 Å². The van der Waals surface area contributed by atoms with Gasteiger partial charge in [0, 0.05) is 35.4 Å². The number of nitrogens with two attached hydrogens (primary N) is 1. The van der Waals surface area contributed by atoms with Crippen molar-refractivity contribution in [3.63, 3.8) is 0 Å². The van der Waals surface area contributed by atoms with Gasteiger partial charge in [-0.15, -0.1) is 0 Å². The third-order valence-corrected chi connectivity index (χ3v) is 4.49. The summed E-state index contributed by atoms with van der Waals surface area (Å²) in [6.07, 6.45) is 8.60. The molecule has 124 valence electrons. The van der Waals surface area contributed by atoms with Crippen molar-refractivity contribution < 1.29 is 4.39 Å². The Morgan fingerprint density at radius 3 is 3.08 bits per heavy atom. The Morgan fingerprint density at radius 1 is 1.29 bits per heavy atom. The van der Waals surface area contributed by atoms with E-state index in [0.29, 0.717) is 5.82 Å². The third-order valence-electron chi connectivity index (χ3n) is 4.49. The number of halogens is 1. The van der Waals surface area contributed by atoms with Gasteiger partial charge in [0.05, 0.1) is 6.20 Å². The van der Waals surface area contributed by atoms with Crippen LogP contribution in [0.1, 0.15) is 25.7 Å². The maximum atomic E-state index is 14.1. The van der Waals surface area contributed by atoms with E-state index < -0.39 is 5.82 Å². The SMILES string of the molecule is NC1CCCC(Nc2nc(-c3c[nH]c4ncccc34)ncc2F)C1. The van der Waals surface area contributed by atoms with E-state index in [-0.39, 0.29) is 17.9 Å². The Labute approximate surface area is 138 Å². The molecule has 0 saturated heterocycles. The number of fused-ring (bicyclic) bond motifs is 1. The topological polar surface area (TPSA) is 92.5 Å². The minimum Gasteiger partial charge on any atom is -0.365 e. The average Bonchev–Trinajstić information content (AvgIpc) is 3.01. The second-order valence-corrected chi connectivity index (χ2v) is 6.26. The first-order chi connectivity index (χ1) is 11.7. The molecule has 2 atom stereocenters. The maximum absolute atomic E-state index is 14.1. The van der Waals surface area contributed by atoms with Crippen LogP contribution in [-0.2, 0) is 0 Å². The third kappa shape index (κ3) is 2.82. The van der Waals surface area contributed by atoms with Crippen LogP contribution < -0.4 is 11.1 Å². The van der Waals surface area contributed by atoms with Gasteiger partial charge in [-0.3, -0.25) is 0 Å². The van der Waals surface area contributed by atoms with Crippen LogP contribution in [0.25, 0.3) is 22.4 Å². The molecule has 3 heterocycles. The number of rotatable bonds is 3. The lowest BCUT2D eigenvalue weighted by Crippen LogP contribution is -2.35. The Morgan fingerprint density at radius 2 is 2.21 bits per heavy atom. The van der Waals surface area contributed by atoms with Gasteiger partial charge in [-0.05, 0) is 37.8 Å². The number of nitrogens with zero attached hydrogens (tertiary/aromatic N) is 3. The first-order valence-corrected chi connectivity index (χ1v) is 8.18. The van der Waals surface area contributed by atoms with Crippen molar-refractivity contribution in [2.75, 3.05) is 5.32 Å². The molecule has 1 aliphatic carbocycles. The zero-order valence-corrected chi connectivity index (χ0v) is 13.2. The maximum Gasteiger partial charge on any atom is 0.183 e. The number of H-pyrrole nitrogens is 1. The molecular formula is C17H19FN6. The summed E-state index contributed by atoms with van der Waals surface area (Å²) in [5.74, 6) is 0.256. The van der Waals surface area contributed by atoms with Crippen LogP contribution in [-0.4, -0.2) is 32.0 Å². The number of hydrogen-bond donors (Lipinski definition) is 3. The van der Waals surface area contributed by atoms with E-state index in [2.05, 4.69) is 25.3 Å². The Kier molecular flexibility index (Phi) is 3.86. The summed E-state index contributed by atoms with van der Waals surface area (Å²) in [6.45, 7) is 0. The summed E-state index contributed by atoms with van der Waals surface area (Å²) in [5, 5.41) is 4.11. The molecule has 0 aliphatic heterocycles. The van der Waals surface area contributed by atoms with E-state index in [0.717, 1.165) is 42.3 Å². The first kappa shape index (κ1) is 15.0. The standard InChI is InChI=1S/C17H19FN6/c18-14-9-22-16(13-8-21-15-12(13)5-2-6-20-15)24-17(14)23-11-4-1-3-10(19)7-11/h2,5-6,8-11H,1,3-4,7,19H2,(H,20,21)(H,22,23,24). The fourth-order valence-electron chi connectivity index (χ4n) is 3.29. The fourth-order valence-corrected chi connectivity index (χ4v) is 3.29. The van der Waals surface area contributed by atoms with E-state index in [1.807, 2.05) is 12.1 Å². The van der Waals surface area contributed by atoms with Gasteiger partial charge in [0.15, 0.2) is 17.5 Å². The highest BCUT2D eigenvalue weighted by atomic mass is 19.1. The summed E-state index contributed by atoms with van der Waals surface area (Å²) in [7, 11) is 0. The van der Waals surface area contributed by atoms with E-state index in [4.69, 9.17) is 5.73 Å². The number of aromatic nitrogens is 4. The van der Waals surface area contributed by atoms with Gasteiger partial charge in [-0.2, -0.15) is 0 Å². The lowest BCUT2D eigenvalue weighted by Gasteiger charge is -2.27. The summed E-state index contributed by atoms with van der Waals surface area (Å²) in [6, 6.07) is 4.11. The highest BCUT2D eigenvalue weighted by molar-refractivity contribution is 5.91. The molecule has 6 nitrogen and oxygen atoms in total. The minimum atomic E-state index is -0.448. The smallest absolute Gasteiger partial charge is 0.183 e. The van der Waals surface area contributed by atoms with Gasteiger partial charge in [-0.1, -0.05) is 0 Å². The van der Waals surface area contributed by atoms with E-state index in [9.17, 15) is 4.39 Å². The van der Waals surface area contributed by atoms with Crippen molar-refractivity contribution in [3.05, 3.63) is 36.5 Å². The van der Waals surface area contributed by atoms with E-state index in [1.165, 1.54) is 6.20 Å². The van der Waals surface area contributed by atoms with Gasteiger partial charge in [-0.25, -0.2) is 19.3 Å². The lowest BCUT2D eigenvalue weighted by atomic mass is 9.92. The van der Waals surface area contributed by atoms with Crippen LogP contribution in [0.2, 0.25) is 0 Å². The van der Waals surface area contributed by atoms with Gasteiger partial charge >= 0.3 is 0 Å². The van der Waals surface area contributed by atoms with Gasteiger partial charge in [0.25, 0.3) is 0 Å². The van der Waals surface area contributed by atoms with Crippen molar-refractivity contribution in [3.8, 4) is 11.4 Å². The van der Waals surface area contributed by atoms with E-state index >= 15 is 0 Å². The Hall–Kier alpha value is -2.54. The van der Waals surface area contributed by atoms with Gasteiger partial charge in [0.2, 0.25) is 0 Å². The predicted octanol–water partition coefficient (Wildman–Crippen LogP) is 2.84. The summed E-state index contributed by atoms with van der Waals surface area (Å²) >= 11 is 0. The zero-order valence-electron chi connectivity index (χ0n) is 13.2. The highest BCUT2D eigenvalue weighted by Crippen LogP contribution is 2.27. The molecule has 3 aromatic rings. The molecule has 4 rings (SSSR count). The first-order valence-electron chi connectivity index (χ1n) is 8.18. The van der Waals surface area contributed by atoms with Gasteiger partial charge in [0.1, 0.15) is 5.65 Å². The molecule has 0 radical (unpaired) electrons. The van der Waals surface area contributed by atoms with Crippen molar-refractivity contribution in [1.29, 1.82) is 0 Å². The number of hydrogen-bond acceptors (Lipinski definition) is 5. The molecule has 0 aromatic carbocycles. The number of pyridine rings is 1. The normalized spacial score (nSPS) is 21.1. The molecule has 2 unspecified atom stereocenters. The molecule has 3 aromatic heterocycles. The lowest BCUT2D eigenvalue weighted by molar-refractivity contribution is 0.407. The van der Waals surface area contributed by atoms with Crippen molar-refractivity contribution in [2.24, 2.45) is 5.73 Å². The van der Waals surface area contributed by atoms with Crippen LogP contribution >= 0.6 is 0 Å². The summed E-state index contributed by atoms with van der Waals surface area (Å²) < 4.78 is 14.1. The minimum absolute atomic E-state index is 0.149. The summed E-state index contributed by atoms with van der Waals surface area (Å²) in [4.78, 5) is 15.9. The molecule has 7 heteroatoms. The number of anilines is 1. The van der Waals surface area contributed by atoms with Crippen LogP contribution in [0.5, 0.6) is 0 Å². The van der Waals surface area contributed by atoms with Gasteiger partial charge < -0.3 is 16.0 Å². The predicted molar refractivity (Wildman–Crippen MR) is 90.9 cm³/mol. The molecule has 1 fully saturated rings. The molecule has 0 spiro atoms. The molecule has 0 amide bonds. The monoisotopic (exact) mass is 326 g/mol. The fraction of sp³-hybridized carbons (Fsp3) is 0.353. The molecular weight excluding hydrogens is 307 g/mol. The van der Waals surface area contributed by atoms with Crippen LogP contribution in [0.15, 0.2) is 30.7 Å². The quantitative estimate of drug-likeness (QED) is 0.688. The van der Waals surface area contributed by atoms with E-state index in [1.54, 1.807) is 12.4 Å². The van der Waals surface area contributed by atoms with Crippen molar-refractivity contribution in [2.45, 2.75) is 37.8 Å². The van der Waals surface area contributed by atoms with Crippen LogP contribution in [0.3, 0.4) is 0 Å².